The highest BCUT2D eigenvalue weighted by atomic mass is 19.1. The number of nitrogens with zero attached hydrogens (tertiary/aromatic N) is 3. The maximum atomic E-state index is 13.1. The van der Waals surface area contributed by atoms with Gasteiger partial charge in [-0.15, -0.1) is 0 Å². The van der Waals surface area contributed by atoms with Crippen molar-refractivity contribution in [2.45, 2.75) is 32.2 Å². The quantitative estimate of drug-likeness (QED) is 0.706. The second-order valence-corrected chi connectivity index (χ2v) is 7.32. The second kappa shape index (κ2) is 10.1. The zero-order chi connectivity index (χ0) is 21.5. The fourth-order valence-corrected chi connectivity index (χ4v) is 3.32. The minimum absolute atomic E-state index is 0.0200. The Hall–Kier alpha value is -3.07. The number of likely N-dealkylation sites (tertiary alicyclic amines) is 1. The number of carbonyl (C=O) groups is 2. The van der Waals surface area contributed by atoms with Crippen LogP contribution in [0.4, 0.5) is 4.39 Å². The molecule has 1 aromatic carbocycles. The second-order valence-electron chi connectivity index (χ2n) is 7.32. The zero-order valence-electron chi connectivity index (χ0n) is 16.9. The molecular formula is C21H26FN5O3. The highest BCUT2D eigenvalue weighted by Crippen LogP contribution is 2.11. The Bertz CT molecular complexity index is 936. The molecule has 0 radical (unpaired) electrons. The molecular weight excluding hydrogens is 389 g/mol. The first-order chi connectivity index (χ1) is 14.5. The van der Waals surface area contributed by atoms with Crippen LogP contribution in [0.1, 0.15) is 36.7 Å². The number of aromatic nitrogens is 2. The zero-order valence-corrected chi connectivity index (χ0v) is 16.9. The molecule has 1 aliphatic heterocycles. The number of nitrogens with one attached hydrogen (secondary N) is 2. The van der Waals surface area contributed by atoms with E-state index in [0.717, 1.165) is 23.9 Å². The van der Waals surface area contributed by atoms with Gasteiger partial charge >= 0.3 is 0 Å². The van der Waals surface area contributed by atoms with Crippen molar-refractivity contribution in [3.63, 3.8) is 0 Å². The van der Waals surface area contributed by atoms with Crippen molar-refractivity contribution >= 4 is 11.8 Å². The van der Waals surface area contributed by atoms with Gasteiger partial charge in [-0.25, -0.2) is 4.39 Å². The Morgan fingerprint density at radius 2 is 1.83 bits per heavy atom. The van der Waals surface area contributed by atoms with E-state index < -0.39 is 11.4 Å². The monoisotopic (exact) mass is 415 g/mol. The van der Waals surface area contributed by atoms with E-state index in [1.54, 1.807) is 0 Å². The molecule has 9 heteroatoms. The maximum absolute atomic E-state index is 13.1. The van der Waals surface area contributed by atoms with Gasteiger partial charge in [0.2, 0.25) is 5.91 Å². The number of halogens is 1. The summed E-state index contributed by atoms with van der Waals surface area (Å²) in [6.45, 7) is 4.48. The summed E-state index contributed by atoms with van der Waals surface area (Å²) in [6, 6.07) is 7.93. The van der Waals surface area contributed by atoms with Gasteiger partial charge in [-0.05, 0) is 49.6 Å². The van der Waals surface area contributed by atoms with Crippen molar-refractivity contribution in [1.82, 2.24) is 25.3 Å². The lowest BCUT2D eigenvalue weighted by Crippen LogP contribution is -2.47. The molecule has 0 atom stereocenters. The lowest BCUT2D eigenvalue weighted by molar-refractivity contribution is -0.122. The van der Waals surface area contributed by atoms with E-state index >= 15 is 0 Å². The predicted octanol–water partition coefficient (Wildman–Crippen LogP) is 1.09. The van der Waals surface area contributed by atoms with Crippen molar-refractivity contribution in [3.05, 3.63) is 58.3 Å². The van der Waals surface area contributed by atoms with Gasteiger partial charge in [0.25, 0.3) is 11.5 Å². The summed E-state index contributed by atoms with van der Waals surface area (Å²) in [7, 11) is 0. The topological polar surface area (TPSA) is 96.3 Å². The number of hydrogen-bond donors (Lipinski definition) is 2. The van der Waals surface area contributed by atoms with Gasteiger partial charge in [-0.2, -0.15) is 9.78 Å². The lowest BCUT2D eigenvalue weighted by Gasteiger charge is -2.31. The molecule has 8 nitrogen and oxygen atoms in total. The van der Waals surface area contributed by atoms with Crippen LogP contribution in [0, 0.1) is 5.82 Å². The lowest BCUT2D eigenvalue weighted by atomic mass is 10.0. The molecule has 30 heavy (non-hydrogen) atoms. The number of rotatable bonds is 7. The third-order valence-electron chi connectivity index (χ3n) is 4.97. The Labute approximate surface area is 174 Å². The van der Waals surface area contributed by atoms with Crippen molar-refractivity contribution in [2.24, 2.45) is 0 Å². The average molecular weight is 415 g/mol. The van der Waals surface area contributed by atoms with Crippen LogP contribution in [0.5, 0.6) is 0 Å². The van der Waals surface area contributed by atoms with Gasteiger partial charge in [0, 0.05) is 31.7 Å². The largest absolute Gasteiger partial charge is 0.355 e. The van der Waals surface area contributed by atoms with Crippen LogP contribution in [0.3, 0.4) is 0 Å². The summed E-state index contributed by atoms with van der Waals surface area (Å²) >= 11 is 0. The fraction of sp³-hybridized carbons (Fsp3) is 0.429. The highest BCUT2D eigenvalue weighted by molar-refractivity contribution is 5.92. The van der Waals surface area contributed by atoms with Crippen molar-refractivity contribution in [1.29, 1.82) is 0 Å². The standard InChI is InChI=1S/C21H26FN5O3/c1-2-11-23-19(28)14-26-12-9-16(10-13-26)24-21(30)18-7-8-20(29)27(25-18)17-5-3-15(22)4-6-17/h3-8,16H,2,9-14H2,1H3,(H,23,28)(H,24,30). The number of benzene rings is 1. The Kier molecular flexibility index (Phi) is 7.29. The molecule has 0 aliphatic carbocycles. The third-order valence-corrected chi connectivity index (χ3v) is 4.97. The van der Waals surface area contributed by atoms with Gasteiger partial charge in [0.15, 0.2) is 0 Å². The third kappa shape index (κ3) is 5.73. The molecule has 0 saturated carbocycles. The predicted molar refractivity (Wildman–Crippen MR) is 110 cm³/mol. The van der Waals surface area contributed by atoms with Crippen LogP contribution in [0.15, 0.2) is 41.2 Å². The Morgan fingerprint density at radius 1 is 1.13 bits per heavy atom. The average Bonchev–Trinajstić information content (AvgIpc) is 2.74. The summed E-state index contributed by atoms with van der Waals surface area (Å²) in [5.41, 5.74) is 0.0822. The smallest absolute Gasteiger partial charge is 0.271 e. The number of hydrogen-bond acceptors (Lipinski definition) is 5. The Balaban J connectivity index is 1.57. The summed E-state index contributed by atoms with van der Waals surface area (Å²) in [5, 5.41) is 9.94. The molecule has 1 aromatic heterocycles. The molecule has 2 heterocycles. The van der Waals surface area contributed by atoms with Crippen LogP contribution in [-0.4, -0.2) is 58.7 Å². The molecule has 2 N–H and O–H groups in total. The van der Waals surface area contributed by atoms with E-state index in [1.807, 2.05) is 6.92 Å². The molecule has 1 aliphatic rings. The normalized spacial score (nSPS) is 15.0. The molecule has 2 aromatic rings. The summed E-state index contributed by atoms with van der Waals surface area (Å²) < 4.78 is 14.2. The van der Waals surface area contributed by atoms with Crippen LogP contribution in [-0.2, 0) is 4.79 Å². The van der Waals surface area contributed by atoms with Gasteiger partial charge in [0.05, 0.1) is 12.2 Å². The molecule has 0 bridgehead atoms. The number of carbonyl (C=O) groups excluding carboxylic acids is 2. The van der Waals surface area contributed by atoms with Gasteiger partial charge in [0.1, 0.15) is 11.5 Å². The van der Waals surface area contributed by atoms with E-state index in [1.165, 1.54) is 36.4 Å². The molecule has 0 spiro atoms. The van der Waals surface area contributed by atoms with E-state index in [9.17, 15) is 18.8 Å². The van der Waals surface area contributed by atoms with Crippen molar-refractivity contribution in [2.75, 3.05) is 26.2 Å². The van der Waals surface area contributed by atoms with Gasteiger partial charge in [-0.3, -0.25) is 19.3 Å². The minimum atomic E-state index is -0.421. The van der Waals surface area contributed by atoms with E-state index in [4.69, 9.17) is 0 Å². The molecule has 1 fully saturated rings. The van der Waals surface area contributed by atoms with E-state index in [0.29, 0.717) is 31.9 Å². The fourth-order valence-electron chi connectivity index (χ4n) is 3.32. The van der Waals surface area contributed by atoms with E-state index in [-0.39, 0.29) is 23.6 Å². The first kappa shape index (κ1) is 21.6. The Morgan fingerprint density at radius 3 is 2.50 bits per heavy atom. The molecule has 160 valence electrons. The number of piperidine rings is 1. The summed E-state index contributed by atoms with van der Waals surface area (Å²) in [4.78, 5) is 38.6. The van der Waals surface area contributed by atoms with Crippen LogP contribution in [0.2, 0.25) is 0 Å². The summed E-state index contributed by atoms with van der Waals surface area (Å²) in [6.07, 6.45) is 2.36. The molecule has 2 amide bonds. The van der Waals surface area contributed by atoms with Gasteiger partial charge < -0.3 is 10.6 Å². The maximum Gasteiger partial charge on any atom is 0.271 e. The van der Waals surface area contributed by atoms with Crippen molar-refractivity contribution in [3.8, 4) is 5.69 Å². The summed E-state index contributed by atoms with van der Waals surface area (Å²) in [5.74, 6) is -0.772. The highest BCUT2D eigenvalue weighted by Gasteiger charge is 2.23. The molecule has 0 unspecified atom stereocenters. The van der Waals surface area contributed by atoms with Crippen LogP contribution < -0.4 is 16.2 Å². The van der Waals surface area contributed by atoms with Crippen molar-refractivity contribution < 1.29 is 14.0 Å². The first-order valence-corrected chi connectivity index (χ1v) is 10.1. The number of amides is 2. The molecule has 3 rings (SSSR count). The minimum Gasteiger partial charge on any atom is -0.355 e. The van der Waals surface area contributed by atoms with E-state index in [2.05, 4.69) is 20.6 Å². The van der Waals surface area contributed by atoms with Crippen LogP contribution in [0.25, 0.3) is 5.69 Å². The SMILES string of the molecule is CCCNC(=O)CN1CCC(NC(=O)c2ccc(=O)n(-c3ccc(F)cc3)n2)CC1. The van der Waals surface area contributed by atoms with Gasteiger partial charge in [-0.1, -0.05) is 6.92 Å². The first-order valence-electron chi connectivity index (χ1n) is 10.1. The van der Waals surface area contributed by atoms with Crippen LogP contribution >= 0.6 is 0 Å². The molecule has 1 saturated heterocycles.